The molecule has 0 saturated heterocycles. The highest BCUT2D eigenvalue weighted by atomic mass is 35.5. The molecule has 0 spiro atoms. The Morgan fingerprint density at radius 2 is 1.63 bits per heavy atom. The highest BCUT2D eigenvalue weighted by molar-refractivity contribution is 7.89. The van der Waals surface area contributed by atoms with Crippen LogP contribution >= 0.6 is 11.6 Å². The standard InChI is InChI=1S/C23H22ClFN2O2S/c24-19-13-12-18-11-10-17-6-1-3-8-21(17)27(22(18)16-19)15-5-14-26-30(28,29)23-9-4-2-7-20(23)25/h1-4,6-9,12-13,16,26H,5,10-11,14-15H2. The summed E-state index contributed by atoms with van der Waals surface area (Å²) >= 11 is 6.27. The van der Waals surface area contributed by atoms with Gasteiger partial charge in [0.15, 0.2) is 0 Å². The number of para-hydroxylation sites is 1. The van der Waals surface area contributed by atoms with E-state index in [9.17, 15) is 12.8 Å². The Bertz CT molecular complexity index is 1170. The summed E-state index contributed by atoms with van der Waals surface area (Å²) in [6, 6.07) is 19.5. The third-order valence-electron chi connectivity index (χ3n) is 5.26. The zero-order chi connectivity index (χ0) is 21.1. The molecule has 3 aromatic carbocycles. The second-order valence-electron chi connectivity index (χ2n) is 7.24. The van der Waals surface area contributed by atoms with Crippen LogP contribution in [0.25, 0.3) is 0 Å². The zero-order valence-corrected chi connectivity index (χ0v) is 17.9. The van der Waals surface area contributed by atoms with Crippen LogP contribution in [0.15, 0.2) is 71.6 Å². The topological polar surface area (TPSA) is 49.4 Å². The molecule has 1 aliphatic rings. The molecule has 3 aromatic rings. The minimum Gasteiger partial charge on any atom is -0.341 e. The van der Waals surface area contributed by atoms with Crippen molar-refractivity contribution < 1.29 is 12.8 Å². The minimum absolute atomic E-state index is 0.200. The average molecular weight is 445 g/mol. The predicted octanol–water partition coefficient (Wildman–Crippen LogP) is 5.08. The molecule has 156 valence electrons. The molecule has 0 unspecified atom stereocenters. The van der Waals surface area contributed by atoms with Crippen molar-refractivity contribution in [3.63, 3.8) is 0 Å². The molecule has 7 heteroatoms. The van der Waals surface area contributed by atoms with Crippen molar-refractivity contribution in [2.45, 2.75) is 24.2 Å². The highest BCUT2D eigenvalue weighted by Gasteiger charge is 2.21. The third kappa shape index (κ3) is 4.36. The average Bonchev–Trinajstić information content (AvgIpc) is 2.88. The summed E-state index contributed by atoms with van der Waals surface area (Å²) in [6.07, 6.45) is 2.40. The first-order valence-electron chi connectivity index (χ1n) is 9.84. The van der Waals surface area contributed by atoms with E-state index in [-0.39, 0.29) is 11.4 Å². The first-order chi connectivity index (χ1) is 14.5. The number of nitrogens with one attached hydrogen (secondary N) is 1. The van der Waals surface area contributed by atoms with Crippen LogP contribution < -0.4 is 9.62 Å². The highest BCUT2D eigenvalue weighted by Crippen LogP contribution is 2.37. The minimum atomic E-state index is -3.89. The molecule has 1 heterocycles. The zero-order valence-electron chi connectivity index (χ0n) is 16.3. The Kier molecular flexibility index (Phi) is 6.09. The fourth-order valence-corrected chi connectivity index (χ4v) is 5.13. The van der Waals surface area contributed by atoms with E-state index in [4.69, 9.17) is 11.6 Å². The summed E-state index contributed by atoms with van der Waals surface area (Å²) in [4.78, 5) is 1.86. The van der Waals surface area contributed by atoms with Crippen LogP contribution in [-0.4, -0.2) is 21.5 Å². The molecule has 0 radical (unpaired) electrons. The van der Waals surface area contributed by atoms with Gasteiger partial charge >= 0.3 is 0 Å². The van der Waals surface area contributed by atoms with Crippen LogP contribution in [0.3, 0.4) is 0 Å². The Morgan fingerprint density at radius 1 is 0.933 bits per heavy atom. The number of rotatable bonds is 6. The molecule has 0 bridgehead atoms. The van der Waals surface area contributed by atoms with Crippen LogP contribution in [0.4, 0.5) is 15.8 Å². The molecular weight excluding hydrogens is 423 g/mol. The molecule has 1 aliphatic heterocycles. The normalized spacial score (nSPS) is 13.5. The number of halogens is 2. The Morgan fingerprint density at radius 3 is 2.43 bits per heavy atom. The Labute approximate surface area is 181 Å². The predicted molar refractivity (Wildman–Crippen MR) is 119 cm³/mol. The third-order valence-corrected chi connectivity index (χ3v) is 6.99. The van der Waals surface area contributed by atoms with Crippen LogP contribution in [-0.2, 0) is 22.9 Å². The van der Waals surface area contributed by atoms with Crippen LogP contribution in [0, 0.1) is 5.82 Å². The number of sulfonamides is 1. The van der Waals surface area contributed by atoms with E-state index in [0.717, 1.165) is 30.3 Å². The van der Waals surface area contributed by atoms with Crippen molar-refractivity contribution in [3.8, 4) is 0 Å². The van der Waals surface area contributed by atoms with Crippen molar-refractivity contribution in [3.05, 3.63) is 88.7 Å². The molecule has 30 heavy (non-hydrogen) atoms. The van der Waals surface area contributed by atoms with Gasteiger partial charge in [-0.2, -0.15) is 0 Å². The fourth-order valence-electron chi connectivity index (χ4n) is 3.81. The van der Waals surface area contributed by atoms with E-state index in [1.54, 1.807) is 0 Å². The van der Waals surface area contributed by atoms with Gasteiger partial charge < -0.3 is 4.90 Å². The molecule has 0 aliphatic carbocycles. The molecular formula is C23H22ClFN2O2S. The molecule has 4 nitrogen and oxygen atoms in total. The van der Waals surface area contributed by atoms with Gasteiger partial charge in [0.25, 0.3) is 0 Å². The molecule has 0 saturated carbocycles. The smallest absolute Gasteiger partial charge is 0.243 e. The summed E-state index contributed by atoms with van der Waals surface area (Å²) in [6.45, 7) is 0.801. The fraction of sp³-hybridized carbons (Fsp3) is 0.217. The second kappa shape index (κ2) is 8.76. The van der Waals surface area contributed by atoms with Crippen molar-refractivity contribution in [1.29, 1.82) is 0 Å². The van der Waals surface area contributed by atoms with Gasteiger partial charge in [-0.15, -0.1) is 0 Å². The summed E-state index contributed by atoms with van der Waals surface area (Å²) in [7, 11) is -3.89. The van der Waals surface area contributed by atoms with Crippen molar-refractivity contribution >= 4 is 33.0 Å². The van der Waals surface area contributed by atoms with E-state index in [1.165, 1.54) is 29.3 Å². The van der Waals surface area contributed by atoms with E-state index in [0.29, 0.717) is 18.0 Å². The van der Waals surface area contributed by atoms with Crippen molar-refractivity contribution in [2.75, 3.05) is 18.0 Å². The summed E-state index contributed by atoms with van der Waals surface area (Å²) in [5.41, 5.74) is 4.61. The van der Waals surface area contributed by atoms with Crippen LogP contribution in [0.5, 0.6) is 0 Å². The SMILES string of the molecule is O=S(=O)(NCCCN1c2ccccc2CCc2ccc(Cl)cc21)c1ccccc1F. The second-order valence-corrected chi connectivity index (χ2v) is 9.41. The van der Waals surface area contributed by atoms with Gasteiger partial charge in [-0.3, -0.25) is 0 Å². The van der Waals surface area contributed by atoms with Crippen LogP contribution in [0.2, 0.25) is 5.02 Å². The van der Waals surface area contributed by atoms with Gasteiger partial charge in [-0.1, -0.05) is 48.0 Å². The van der Waals surface area contributed by atoms with Crippen molar-refractivity contribution in [1.82, 2.24) is 4.72 Å². The van der Waals surface area contributed by atoms with Crippen LogP contribution in [0.1, 0.15) is 17.5 Å². The first kappa shape index (κ1) is 20.8. The van der Waals surface area contributed by atoms with E-state index < -0.39 is 15.8 Å². The van der Waals surface area contributed by atoms with Gasteiger partial charge in [0.05, 0.1) is 0 Å². The largest absolute Gasteiger partial charge is 0.341 e. The number of anilines is 2. The van der Waals surface area contributed by atoms with E-state index in [1.807, 2.05) is 24.3 Å². The number of nitrogens with zero attached hydrogens (tertiary/aromatic N) is 1. The van der Waals surface area contributed by atoms with Gasteiger partial charge in [-0.05, 0) is 60.7 Å². The maximum atomic E-state index is 13.9. The summed E-state index contributed by atoms with van der Waals surface area (Å²) < 4.78 is 41.2. The lowest BCUT2D eigenvalue weighted by atomic mass is 10.0. The van der Waals surface area contributed by atoms with Gasteiger partial charge in [-0.25, -0.2) is 17.5 Å². The molecule has 4 rings (SSSR count). The number of hydrogen-bond acceptors (Lipinski definition) is 3. The van der Waals surface area contributed by atoms with Gasteiger partial charge in [0.1, 0.15) is 10.7 Å². The molecule has 0 aromatic heterocycles. The monoisotopic (exact) mass is 444 g/mol. The van der Waals surface area contributed by atoms with Gasteiger partial charge in [0, 0.05) is 29.5 Å². The quantitative estimate of drug-likeness (QED) is 0.539. The summed E-state index contributed by atoms with van der Waals surface area (Å²) in [5, 5.41) is 0.665. The molecule has 1 N–H and O–H groups in total. The van der Waals surface area contributed by atoms with Gasteiger partial charge in [0.2, 0.25) is 10.0 Å². The lowest BCUT2D eigenvalue weighted by Gasteiger charge is -2.27. The summed E-state index contributed by atoms with van der Waals surface area (Å²) in [5.74, 6) is -0.755. The maximum Gasteiger partial charge on any atom is 0.243 e. The lowest BCUT2D eigenvalue weighted by molar-refractivity contribution is 0.555. The Hall–Kier alpha value is -2.41. The number of fused-ring (bicyclic) bond motifs is 2. The van der Waals surface area contributed by atoms with E-state index in [2.05, 4.69) is 27.8 Å². The molecule has 0 atom stereocenters. The number of aryl methyl sites for hydroxylation is 2. The molecule has 0 fully saturated rings. The molecule has 0 amide bonds. The van der Waals surface area contributed by atoms with Crippen molar-refractivity contribution in [2.24, 2.45) is 0 Å². The van der Waals surface area contributed by atoms with E-state index >= 15 is 0 Å². The first-order valence-corrected chi connectivity index (χ1v) is 11.7. The lowest BCUT2D eigenvalue weighted by Crippen LogP contribution is -2.29. The Balaban J connectivity index is 1.52. The maximum absolute atomic E-state index is 13.9. The number of hydrogen-bond donors (Lipinski definition) is 1. The number of benzene rings is 3.